The highest BCUT2D eigenvalue weighted by atomic mass is 32.2. The second-order valence-corrected chi connectivity index (χ2v) is 7.05. The molecular formula is C16H20N2O2S. The molecule has 112 valence electrons. The molecule has 0 saturated carbocycles. The third-order valence-electron chi connectivity index (χ3n) is 3.37. The number of nitrogens with two attached hydrogens (primary N) is 1. The Hall–Kier alpha value is -1.85. The molecule has 0 aliphatic carbocycles. The van der Waals surface area contributed by atoms with Crippen molar-refractivity contribution in [1.29, 1.82) is 0 Å². The molecule has 2 rings (SSSR count). The van der Waals surface area contributed by atoms with E-state index in [0.29, 0.717) is 11.4 Å². The molecule has 0 aromatic heterocycles. The number of hydrogen-bond donors (Lipinski definition) is 2. The maximum absolute atomic E-state index is 11.8. The molecule has 3 N–H and O–H groups in total. The second-order valence-electron chi connectivity index (χ2n) is 4.77. The lowest BCUT2D eigenvalue weighted by Gasteiger charge is -2.18. The molecule has 21 heavy (non-hydrogen) atoms. The average molecular weight is 304 g/mol. The van der Waals surface area contributed by atoms with Crippen molar-refractivity contribution in [2.24, 2.45) is 5.73 Å². The summed E-state index contributed by atoms with van der Waals surface area (Å²) in [5.41, 5.74) is 7.77. The molecule has 0 bridgehead atoms. The Labute approximate surface area is 125 Å². The highest BCUT2D eigenvalue weighted by molar-refractivity contribution is 7.91. The fraction of sp³-hybridized carbons (Fsp3) is 0.250. The zero-order valence-corrected chi connectivity index (χ0v) is 12.8. The molecule has 2 aromatic rings. The van der Waals surface area contributed by atoms with Gasteiger partial charge in [0.1, 0.15) is 0 Å². The average Bonchev–Trinajstić information content (AvgIpc) is 2.54. The quantitative estimate of drug-likeness (QED) is 0.860. The zero-order valence-electron chi connectivity index (χ0n) is 12.0. The van der Waals surface area contributed by atoms with Crippen LogP contribution < -0.4 is 11.1 Å². The summed E-state index contributed by atoms with van der Waals surface area (Å²) in [6.45, 7) is 2.10. The molecule has 1 atom stereocenters. The van der Waals surface area contributed by atoms with Gasteiger partial charge in [0.25, 0.3) is 0 Å². The summed E-state index contributed by atoms with van der Waals surface area (Å²) in [4.78, 5) is 0.347. The molecule has 0 amide bonds. The van der Waals surface area contributed by atoms with E-state index in [-0.39, 0.29) is 11.8 Å². The van der Waals surface area contributed by atoms with E-state index < -0.39 is 9.84 Å². The monoisotopic (exact) mass is 304 g/mol. The van der Waals surface area contributed by atoms with Crippen LogP contribution >= 0.6 is 0 Å². The van der Waals surface area contributed by atoms with Gasteiger partial charge in [-0.25, -0.2) is 8.42 Å². The van der Waals surface area contributed by atoms with E-state index in [1.54, 1.807) is 31.2 Å². The van der Waals surface area contributed by atoms with Gasteiger partial charge in [0.2, 0.25) is 0 Å². The number of sulfone groups is 1. The zero-order chi connectivity index (χ0) is 15.3. The highest BCUT2D eigenvalue weighted by Crippen LogP contribution is 2.20. The topological polar surface area (TPSA) is 72.2 Å². The van der Waals surface area contributed by atoms with Crippen LogP contribution in [0.15, 0.2) is 59.5 Å². The normalized spacial score (nSPS) is 12.9. The van der Waals surface area contributed by atoms with Crippen LogP contribution in [-0.2, 0) is 9.84 Å². The molecule has 0 aliphatic heterocycles. The fourth-order valence-electron chi connectivity index (χ4n) is 2.09. The van der Waals surface area contributed by atoms with Gasteiger partial charge in [0.05, 0.1) is 16.7 Å². The van der Waals surface area contributed by atoms with Crippen molar-refractivity contribution in [3.05, 3.63) is 60.2 Å². The minimum Gasteiger partial charge on any atom is -0.377 e. The molecule has 2 aromatic carbocycles. The third kappa shape index (κ3) is 3.83. The van der Waals surface area contributed by atoms with Gasteiger partial charge in [-0.2, -0.15) is 0 Å². The third-order valence-corrected chi connectivity index (χ3v) is 5.12. The number of benzene rings is 2. The SMILES string of the molecule is CCS(=O)(=O)c1ccc(NC(CN)c2ccccc2)cc1. The maximum atomic E-state index is 11.8. The van der Waals surface area contributed by atoms with E-state index >= 15 is 0 Å². The summed E-state index contributed by atoms with van der Waals surface area (Å²) in [7, 11) is -3.15. The Bertz CT molecular complexity index is 667. The van der Waals surface area contributed by atoms with Crippen molar-refractivity contribution in [3.63, 3.8) is 0 Å². The maximum Gasteiger partial charge on any atom is 0.178 e. The predicted molar refractivity (Wildman–Crippen MR) is 86.0 cm³/mol. The van der Waals surface area contributed by atoms with Crippen molar-refractivity contribution >= 4 is 15.5 Å². The van der Waals surface area contributed by atoms with Crippen LogP contribution in [0.4, 0.5) is 5.69 Å². The number of rotatable bonds is 6. The van der Waals surface area contributed by atoms with Crippen molar-refractivity contribution in [2.45, 2.75) is 17.9 Å². The molecule has 0 spiro atoms. The first-order valence-corrected chi connectivity index (χ1v) is 8.56. The van der Waals surface area contributed by atoms with Gasteiger partial charge in [-0.3, -0.25) is 0 Å². The molecule has 4 nitrogen and oxygen atoms in total. The van der Waals surface area contributed by atoms with Crippen LogP contribution in [0.3, 0.4) is 0 Å². The smallest absolute Gasteiger partial charge is 0.178 e. The fourth-order valence-corrected chi connectivity index (χ4v) is 2.97. The summed E-state index contributed by atoms with van der Waals surface area (Å²) in [5.74, 6) is 0.106. The first kappa shape index (κ1) is 15.5. The van der Waals surface area contributed by atoms with E-state index in [1.165, 1.54) is 0 Å². The molecule has 0 heterocycles. The highest BCUT2D eigenvalue weighted by Gasteiger charge is 2.12. The van der Waals surface area contributed by atoms with Crippen LogP contribution in [0.1, 0.15) is 18.5 Å². The van der Waals surface area contributed by atoms with Gasteiger partial charge in [-0.15, -0.1) is 0 Å². The van der Waals surface area contributed by atoms with Crippen molar-refractivity contribution in [2.75, 3.05) is 17.6 Å². The predicted octanol–water partition coefficient (Wildman–Crippen LogP) is 2.59. The molecule has 1 unspecified atom stereocenters. The lowest BCUT2D eigenvalue weighted by atomic mass is 10.1. The molecule has 0 fully saturated rings. The number of nitrogens with one attached hydrogen (secondary N) is 1. The van der Waals surface area contributed by atoms with Crippen LogP contribution in [0.2, 0.25) is 0 Å². The Kier molecular flexibility index (Phi) is 4.98. The molecule has 0 radical (unpaired) electrons. The van der Waals surface area contributed by atoms with Gasteiger partial charge >= 0.3 is 0 Å². The first-order valence-electron chi connectivity index (χ1n) is 6.91. The Morgan fingerprint density at radius 2 is 1.67 bits per heavy atom. The first-order chi connectivity index (χ1) is 10.1. The molecule has 5 heteroatoms. The number of anilines is 1. The lowest BCUT2D eigenvalue weighted by molar-refractivity contribution is 0.597. The van der Waals surface area contributed by atoms with Gasteiger partial charge < -0.3 is 11.1 Å². The van der Waals surface area contributed by atoms with E-state index in [9.17, 15) is 8.42 Å². The van der Waals surface area contributed by atoms with Crippen LogP contribution in [0, 0.1) is 0 Å². The summed E-state index contributed by atoms with van der Waals surface area (Å²) in [5, 5.41) is 3.32. The van der Waals surface area contributed by atoms with Gasteiger partial charge in [-0.1, -0.05) is 37.3 Å². The van der Waals surface area contributed by atoms with Crippen LogP contribution in [-0.4, -0.2) is 20.7 Å². The van der Waals surface area contributed by atoms with E-state index in [0.717, 1.165) is 11.3 Å². The largest absolute Gasteiger partial charge is 0.377 e. The molecular weight excluding hydrogens is 284 g/mol. The summed E-state index contributed by atoms with van der Waals surface area (Å²) in [6, 6.07) is 16.7. The second kappa shape index (κ2) is 6.74. The minimum absolute atomic E-state index is 0.000155. The number of hydrogen-bond acceptors (Lipinski definition) is 4. The van der Waals surface area contributed by atoms with E-state index in [2.05, 4.69) is 5.32 Å². The lowest BCUT2D eigenvalue weighted by Crippen LogP contribution is -2.20. The Morgan fingerprint density at radius 1 is 1.05 bits per heavy atom. The summed E-state index contributed by atoms with van der Waals surface area (Å²) >= 11 is 0. The minimum atomic E-state index is -3.15. The summed E-state index contributed by atoms with van der Waals surface area (Å²) in [6.07, 6.45) is 0. The van der Waals surface area contributed by atoms with Crippen molar-refractivity contribution in [3.8, 4) is 0 Å². The Balaban J connectivity index is 2.16. The van der Waals surface area contributed by atoms with Crippen LogP contribution in [0.25, 0.3) is 0 Å². The Morgan fingerprint density at radius 3 is 2.19 bits per heavy atom. The van der Waals surface area contributed by atoms with Crippen LogP contribution in [0.5, 0.6) is 0 Å². The molecule has 0 saturated heterocycles. The standard InChI is InChI=1S/C16H20N2O2S/c1-2-21(19,20)15-10-8-14(9-11-15)18-16(12-17)13-6-4-3-5-7-13/h3-11,16,18H,2,12,17H2,1H3. The molecule has 0 aliphatic rings. The van der Waals surface area contributed by atoms with E-state index in [4.69, 9.17) is 5.73 Å². The van der Waals surface area contributed by atoms with Gasteiger partial charge in [0.15, 0.2) is 9.84 Å². The van der Waals surface area contributed by atoms with Crippen molar-refractivity contribution < 1.29 is 8.42 Å². The van der Waals surface area contributed by atoms with Crippen molar-refractivity contribution in [1.82, 2.24) is 0 Å². The summed E-state index contributed by atoms with van der Waals surface area (Å²) < 4.78 is 23.5. The van der Waals surface area contributed by atoms with E-state index in [1.807, 2.05) is 30.3 Å². The van der Waals surface area contributed by atoms with Gasteiger partial charge in [0, 0.05) is 12.2 Å². The van der Waals surface area contributed by atoms with Gasteiger partial charge in [-0.05, 0) is 29.8 Å².